The summed E-state index contributed by atoms with van der Waals surface area (Å²) in [5.74, 6) is -0.227. The van der Waals surface area contributed by atoms with Gasteiger partial charge >= 0.3 is 11.9 Å². The number of rotatable bonds is 12. The highest BCUT2D eigenvalue weighted by Gasteiger charge is 2.05. The number of benzene rings is 1. The van der Waals surface area contributed by atoms with E-state index in [1.54, 1.807) is 0 Å². The lowest BCUT2D eigenvalue weighted by Crippen LogP contribution is -2.05. The van der Waals surface area contributed by atoms with Crippen molar-refractivity contribution in [2.24, 2.45) is 0 Å². The quantitative estimate of drug-likeness (QED) is 0.410. The van der Waals surface area contributed by atoms with Gasteiger partial charge in [-0.2, -0.15) is 0 Å². The van der Waals surface area contributed by atoms with Crippen LogP contribution < -0.4 is 0 Å². The molecule has 0 fully saturated rings. The Morgan fingerprint density at radius 2 is 1.38 bits per heavy atom. The zero-order valence-electron chi connectivity index (χ0n) is 15.0. The molecule has 0 saturated carbocycles. The van der Waals surface area contributed by atoms with Gasteiger partial charge in [-0.1, -0.05) is 49.9 Å². The van der Waals surface area contributed by atoms with Crippen molar-refractivity contribution >= 4 is 11.9 Å². The van der Waals surface area contributed by atoms with E-state index in [9.17, 15) is 9.59 Å². The number of esters is 2. The fourth-order valence-corrected chi connectivity index (χ4v) is 2.48. The van der Waals surface area contributed by atoms with Crippen LogP contribution in [0.1, 0.15) is 69.4 Å². The Hall–Kier alpha value is -1.84. The molecule has 0 amide bonds. The van der Waals surface area contributed by atoms with Gasteiger partial charge in [-0.15, -0.1) is 0 Å². The number of aryl methyl sites for hydroxylation is 1. The minimum atomic E-state index is -0.124. The van der Waals surface area contributed by atoms with Gasteiger partial charge in [0.1, 0.15) is 6.61 Å². The van der Waals surface area contributed by atoms with E-state index in [0.717, 1.165) is 49.7 Å². The number of carbonyl (C=O) groups is 2. The van der Waals surface area contributed by atoms with E-state index in [-0.39, 0.29) is 11.9 Å². The maximum Gasteiger partial charge on any atom is 0.306 e. The highest BCUT2D eigenvalue weighted by atomic mass is 16.5. The van der Waals surface area contributed by atoms with E-state index in [4.69, 9.17) is 9.47 Å². The SMILES string of the molecule is CCOC(=O)CCCCCCCCC(=O)OCc1ccccc1C. The molecule has 0 spiro atoms. The molecule has 0 aromatic heterocycles. The fraction of sp³-hybridized carbons (Fsp3) is 0.600. The second-order valence-corrected chi connectivity index (χ2v) is 6.01. The third kappa shape index (κ3) is 9.33. The molecule has 0 unspecified atom stereocenters. The summed E-state index contributed by atoms with van der Waals surface area (Å²) >= 11 is 0. The summed E-state index contributed by atoms with van der Waals surface area (Å²) in [5, 5.41) is 0. The number of hydrogen-bond acceptors (Lipinski definition) is 4. The average molecular weight is 334 g/mol. The van der Waals surface area contributed by atoms with E-state index >= 15 is 0 Å². The van der Waals surface area contributed by atoms with Crippen LogP contribution >= 0.6 is 0 Å². The van der Waals surface area contributed by atoms with Crippen molar-refractivity contribution < 1.29 is 19.1 Å². The van der Waals surface area contributed by atoms with Crippen LogP contribution in [0, 0.1) is 6.92 Å². The van der Waals surface area contributed by atoms with Gasteiger partial charge < -0.3 is 9.47 Å². The van der Waals surface area contributed by atoms with Crippen molar-refractivity contribution in [2.75, 3.05) is 6.61 Å². The van der Waals surface area contributed by atoms with Crippen LogP contribution in [0.5, 0.6) is 0 Å². The highest BCUT2D eigenvalue weighted by molar-refractivity contribution is 5.69. The van der Waals surface area contributed by atoms with Crippen molar-refractivity contribution in [1.82, 2.24) is 0 Å². The molecule has 0 aliphatic rings. The van der Waals surface area contributed by atoms with Crippen molar-refractivity contribution in [3.05, 3.63) is 35.4 Å². The Balaban J connectivity index is 1.96. The second-order valence-electron chi connectivity index (χ2n) is 6.01. The lowest BCUT2D eigenvalue weighted by atomic mass is 10.1. The summed E-state index contributed by atoms with van der Waals surface area (Å²) in [6.07, 6.45) is 7.00. The molecule has 4 heteroatoms. The third-order valence-electron chi connectivity index (χ3n) is 3.97. The third-order valence-corrected chi connectivity index (χ3v) is 3.97. The smallest absolute Gasteiger partial charge is 0.306 e. The van der Waals surface area contributed by atoms with E-state index in [0.29, 0.717) is 26.1 Å². The van der Waals surface area contributed by atoms with E-state index in [1.165, 1.54) is 0 Å². The second kappa shape index (κ2) is 12.6. The maximum atomic E-state index is 11.7. The van der Waals surface area contributed by atoms with Gasteiger partial charge in [0.05, 0.1) is 6.61 Å². The van der Waals surface area contributed by atoms with Crippen molar-refractivity contribution in [3.63, 3.8) is 0 Å². The Labute approximate surface area is 145 Å². The highest BCUT2D eigenvalue weighted by Crippen LogP contribution is 2.11. The summed E-state index contributed by atoms with van der Waals surface area (Å²) in [6.45, 7) is 4.66. The molecule has 134 valence electrons. The molecule has 0 N–H and O–H groups in total. The van der Waals surface area contributed by atoms with Crippen LogP contribution in [-0.2, 0) is 25.7 Å². The zero-order chi connectivity index (χ0) is 17.6. The summed E-state index contributed by atoms with van der Waals surface area (Å²) in [4.78, 5) is 22.9. The first-order chi connectivity index (χ1) is 11.6. The maximum absolute atomic E-state index is 11.7. The lowest BCUT2D eigenvalue weighted by Gasteiger charge is -2.07. The van der Waals surface area contributed by atoms with Crippen LogP contribution in [0.25, 0.3) is 0 Å². The van der Waals surface area contributed by atoms with Crippen LogP contribution in [0.2, 0.25) is 0 Å². The number of carbonyl (C=O) groups excluding carboxylic acids is 2. The van der Waals surface area contributed by atoms with Gasteiger partial charge in [0.2, 0.25) is 0 Å². The molecule has 1 aromatic rings. The summed E-state index contributed by atoms with van der Waals surface area (Å²) in [5.41, 5.74) is 2.21. The molecule has 1 rings (SSSR count). The zero-order valence-corrected chi connectivity index (χ0v) is 15.0. The Morgan fingerprint density at radius 1 is 0.833 bits per heavy atom. The topological polar surface area (TPSA) is 52.6 Å². The van der Waals surface area contributed by atoms with Crippen LogP contribution in [0.4, 0.5) is 0 Å². The Kier molecular flexibility index (Phi) is 10.6. The van der Waals surface area contributed by atoms with Crippen molar-refractivity contribution in [1.29, 1.82) is 0 Å². The molecule has 0 heterocycles. The average Bonchev–Trinajstić information content (AvgIpc) is 2.56. The first-order valence-electron chi connectivity index (χ1n) is 8.99. The molecular formula is C20H30O4. The first-order valence-corrected chi connectivity index (χ1v) is 8.99. The predicted molar refractivity (Wildman–Crippen MR) is 94.5 cm³/mol. The molecule has 0 saturated heterocycles. The molecule has 24 heavy (non-hydrogen) atoms. The van der Waals surface area contributed by atoms with Crippen LogP contribution in [0.3, 0.4) is 0 Å². The summed E-state index contributed by atoms with van der Waals surface area (Å²) in [7, 11) is 0. The monoisotopic (exact) mass is 334 g/mol. The number of ether oxygens (including phenoxy) is 2. The summed E-state index contributed by atoms with van der Waals surface area (Å²) < 4.78 is 10.2. The normalized spacial score (nSPS) is 10.4. The standard InChI is InChI=1S/C20H30O4/c1-3-23-19(21)14-8-6-4-5-7-9-15-20(22)24-16-18-13-11-10-12-17(18)2/h10-13H,3-9,14-16H2,1-2H3. The Morgan fingerprint density at radius 3 is 1.96 bits per heavy atom. The van der Waals surface area contributed by atoms with E-state index in [2.05, 4.69) is 0 Å². The minimum Gasteiger partial charge on any atom is -0.466 e. The van der Waals surface area contributed by atoms with Crippen molar-refractivity contribution in [3.8, 4) is 0 Å². The Bertz CT molecular complexity index is 496. The van der Waals surface area contributed by atoms with Crippen LogP contribution in [0.15, 0.2) is 24.3 Å². The molecule has 0 bridgehead atoms. The largest absolute Gasteiger partial charge is 0.466 e. The van der Waals surface area contributed by atoms with Gasteiger partial charge in [0.15, 0.2) is 0 Å². The van der Waals surface area contributed by atoms with Gasteiger partial charge in [-0.3, -0.25) is 9.59 Å². The van der Waals surface area contributed by atoms with Crippen LogP contribution in [-0.4, -0.2) is 18.5 Å². The van der Waals surface area contributed by atoms with Gasteiger partial charge in [0.25, 0.3) is 0 Å². The molecule has 0 aliphatic carbocycles. The van der Waals surface area contributed by atoms with Crippen molar-refractivity contribution in [2.45, 2.75) is 71.8 Å². The molecule has 0 aliphatic heterocycles. The molecule has 1 aromatic carbocycles. The number of unbranched alkanes of at least 4 members (excludes halogenated alkanes) is 5. The fourth-order valence-electron chi connectivity index (χ4n) is 2.48. The van der Waals surface area contributed by atoms with E-state index < -0.39 is 0 Å². The summed E-state index contributed by atoms with van der Waals surface area (Å²) in [6, 6.07) is 7.94. The molecule has 4 nitrogen and oxygen atoms in total. The minimum absolute atomic E-state index is 0.103. The molecule has 0 atom stereocenters. The van der Waals surface area contributed by atoms with E-state index in [1.807, 2.05) is 38.1 Å². The molecular weight excluding hydrogens is 304 g/mol. The first kappa shape index (κ1) is 20.2. The van der Waals surface area contributed by atoms with Gasteiger partial charge in [0, 0.05) is 12.8 Å². The van der Waals surface area contributed by atoms with Gasteiger partial charge in [-0.05, 0) is 37.8 Å². The van der Waals surface area contributed by atoms with Gasteiger partial charge in [-0.25, -0.2) is 0 Å². The molecule has 0 radical (unpaired) electrons. The number of hydrogen-bond donors (Lipinski definition) is 0. The predicted octanol–water partition coefficient (Wildman–Crippen LogP) is 4.72. The lowest BCUT2D eigenvalue weighted by molar-refractivity contribution is -0.145.